The molecule has 0 unspecified atom stereocenters. The Morgan fingerprint density at radius 1 is 1.38 bits per heavy atom. The van der Waals surface area contributed by atoms with Crippen molar-refractivity contribution in [2.45, 2.75) is 20.4 Å². The second-order valence-electron chi connectivity index (χ2n) is 3.10. The number of aryl methyl sites for hydroxylation is 2. The number of hydrogen-bond acceptors (Lipinski definition) is 2. The lowest BCUT2D eigenvalue weighted by atomic mass is 10.0. The molecule has 0 spiro atoms. The summed E-state index contributed by atoms with van der Waals surface area (Å²) in [7, 11) is 0. The third-order valence-electron chi connectivity index (χ3n) is 2.13. The van der Waals surface area contributed by atoms with Crippen LogP contribution >= 0.6 is 0 Å². The van der Waals surface area contributed by atoms with E-state index < -0.39 is 5.97 Å². The number of aromatic carboxylic acids is 1. The summed E-state index contributed by atoms with van der Waals surface area (Å²) in [5.41, 5.74) is 8.53. The van der Waals surface area contributed by atoms with Gasteiger partial charge in [0.15, 0.2) is 0 Å². The summed E-state index contributed by atoms with van der Waals surface area (Å²) in [6.07, 6.45) is 0. The Hall–Kier alpha value is -1.35. The molecule has 3 nitrogen and oxygen atoms in total. The van der Waals surface area contributed by atoms with Gasteiger partial charge in [0.25, 0.3) is 0 Å². The van der Waals surface area contributed by atoms with Crippen LogP contribution in [0.4, 0.5) is 0 Å². The molecule has 1 aromatic carbocycles. The van der Waals surface area contributed by atoms with Crippen molar-refractivity contribution in [2.75, 3.05) is 0 Å². The van der Waals surface area contributed by atoms with Crippen molar-refractivity contribution in [2.24, 2.45) is 5.73 Å². The highest BCUT2D eigenvalue weighted by Gasteiger charge is 2.09. The van der Waals surface area contributed by atoms with E-state index in [2.05, 4.69) is 0 Å². The van der Waals surface area contributed by atoms with Crippen LogP contribution in [0.5, 0.6) is 0 Å². The first-order chi connectivity index (χ1) is 6.06. The molecular weight excluding hydrogens is 166 g/mol. The second kappa shape index (κ2) is 3.58. The summed E-state index contributed by atoms with van der Waals surface area (Å²) in [6.45, 7) is 4.10. The molecule has 70 valence electrons. The van der Waals surface area contributed by atoms with Crippen LogP contribution in [0.3, 0.4) is 0 Å². The fourth-order valence-electron chi connectivity index (χ4n) is 1.35. The third-order valence-corrected chi connectivity index (χ3v) is 2.13. The molecule has 13 heavy (non-hydrogen) atoms. The highest BCUT2D eigenvalue weighted by Crippen LogP contribution is 2.15. The highest BCUT2D eigenvalue weighted by molar-refractivity contribution is 5.89. The molecule has 0 saturated heterocycles. The van der Waals surface area contributed by atoms with Gasteiger partial charge in [-0.25, -0.2) is 4.79 Å². The van der Waals surface area contributed by atoms with E-state index >= 15 is 0 Å². The zero-order valence-corrected chi connectivity index (χ0v) is 7.79. The molecule has 0 saturated carbocycles. The summed E-state index contributed by atoms with van der Waals surface area (Å²) in [5.74, 6) is -0.896. The van der Waals surface area contributed by atoms with Crippen molar-refractivity contribution < 1.29 is 9.90 Å². The van der Waals surface area contributed by atoms with Gasteiger partial charge in [-0.15, -0.1) is 0 Å². The predicted molar refractivity (Wildman–Crippen MR) is 50.8 cm³/mol. The molecule has 0 aliphatic rings. The van der Waals surface area contributed by atoms with Crippen LogP contribution in [0.15, 0.2) is 12.1 Å². The van der Waals surface area contributed by atoms with E-state index in [9.17, 15) is 4.79 Å². The van der Waals surface area contributed by atoms with Crippen LogP contribution in [-0.2, 0) is 6.54 Å². The smallest absolute Gasteiger partial charge is 0.335 e. The Labute approximate surface area is 77.2 Å². The van der Waals surface area contributed by atoms with Gasteiger partial charge in [-0.3, -0.25) is 0 Å². The molecule has 1 rings (SSSR count). The summed E-state index contributed by atoms with van der Waals surface area (Å²) in [4.78, 5) is 10.8. The lowest BCUT2D eigenvalue weighted by Gasteiger charge is -2.07. The standard InChI is InChI=1S/C10H13NO2/c1-6-3-7(2)9(10(12)13)4-8(6)5-11/h3-4H,5,11H2,1-2H3,(H,12,13). The van der Waals surface area contributed by atoms with Crippen LogP contribution in [-0.4, -0.2) is 11.1 Å². The minimum atomic E-state index is -0.896. The highest BCUT2D eigenvalue weighted by atomic mass is 16.4. The lowest BCUT2D eigenvalue weighted by Crippen LogP contribution is -2.05. The van der Waals surface area contributed by atoms with Gasteiger partial charge >= 0.3 is 5.97 Å². The second-order valence-corrected chi connectivity index (χ2v) is 3.10. The largest absolute Gasteiger partial charge is 0.478 e. The fourth-order valence-corrected chi connectivity index (χ4v) is 1.35. The number of carboxylic acid groups (broad SMARTS) is 1. The van der Waals surface area contributed by atoms with E-state index in [0.29, 0.717) is 12.1 Å². The van der Waals surface area contributed by atoms with Gasteiger partial charge in [0.2, 0.25) is 0 Å². The topological polar surface area (TPSA) is 63.3 Å². The van der Waals surface area contributed by atoms with Crippen molar-refractivity contribution in [1.82, 2.24) is 0 Å². The van der Waals surface area contributed by atoms with Crippen molar-refractivity contribution in [1.29, 1.82) is 0 Å². The Kier molecular flexibility index (Phi) is 2.68. The van der Waals surface area contributed by atoms with Crippen molar-refractivity contribution in [3.8, 4) is 0 Å². The summed E-state index contributed by atoms with van der Waals surface area (Å²) >= 11 is 0. The number of rotatable bonds is 2. The minimum absolute atomic E-state index is 0.339. The maximum absolute atomic E-state index is 10.8. The first kappa shape index (κ1) is 9.74. The maximum atomic E-state index is 10.8. The van der Waals surface area contributed by atoms with E-state index in [1.165, 1.54) is 0 Å². The average Bonchev–Trinajstić information content (AvgIpc) is 2.03. The molecule has 3 N–H and O–H groups in total. The van der Waals surface area contributed by atoms with Gasteiger partial charge in [0.1, 0.15) is 0 Å². The van der Waals surface area contributed by atoms with E-state index in [1.54, 1.807) is 13.0 Å². The molecule has 3 heteroatoms. The predicted octanol–water partition coefficient (Wildman–Crippen LogP) is 1.46. The normalized spacial score (nSPS) is 10.1. The van der Waals surface area contributed by atoms with Gasteiger partial charge in [-0.1, -0.05) is 6.07 Å². The molecule has 1 aromatic rings. The molecule has 0 atom stereocenters. The molecule has 0 amide bonds. The minimum Gasteiger partial charge on any atom is -0.478 e. The maximum Gasteiger partial charge on any atom is 0.335 e. The average molecular weight is 179 g/mol. The lowest BCUT2D eigenvalue weighted by molar-refractivity contribution is 0.0696. The summed E-state index contributed by atoms with van der Waals surface area (Å²) in [6, 6.07) is 3.50. The fraction of sp³-hybridized carbons (Fsp3) is 0.300. The van der Waals surface area contributed by atoms with E-state index in [1.807, 2.05) is 13.0 Å². The summed E-state index contributed by atoms with van der Waals surface area (Å²) in [5, 5.41) is 8.84. The van der Waals surface area contributed by atoms with Crippen molar-refractivity contribution in [3.05, 3.63) is 34.4 Å². The van der Waals surface area contributed by atoms with Crippen LogP contribution in [0.25, 0.3) is 0 Å². The van der Waals surface area contributed by atoms with Crippen LogP contribution in [0.2, 0.25) is 0 Å². The van der Waals surface area contributed by atoms with Crippen LogP contribution < -0.4 is 5.73 Å². The quantitative estimate of drug-likeness (QED) is 0.722. The number of carbonyl (C=O) groups is 1. The molecule has 0 bridgehead atoms. The molecule has 0 radical (unpaired) electrons. The summed E-state index contributed by atoms with van der Waals surface area (Å²) < 4.78 is 0. The number of benzene rings is 1. The van der Waals surface area contributed by atoms with Crippen LogP contribution in [0, 0.1) is 13.8 Å². The molecule has 0 aliphatic carbocycles. The van der Waals surface area contributed by atoms with Gasteiger partial charge in [0.05, 0.1) is 5.56 Å². The Morgan fingerprint density at radius 2 is 2.00 bits per heavy atom. The number of hydrogen-bond donors (Lipinski definition) is 2. The monoisotopic (exact) mass is 179 g/mol. The first-order valence-electron chi connectivity index (χ1n) is 4.09. The zero-order valence-electron chi connectivity index (χ0n) is 7.79. The Morgan fingerprint density at radius 3 is 2.46 bits per heavy atom. The molecule has 0 fully saturated rings. The Balaban J connectivity index is 3.30. The molecule has 0 aliphatic heterocycles. The van der Waals surface area contributed by atoms with Gasteiger partial charge < -0.3 is 10.8 Å². The van der Waals surface area contributed by atoms with Gasteiger partial charge in [0, 0.05) is 6.54 Å². The first-order valence-corrected chi connectivity index (χ1v) is 4.09. The zero-order chi connectivity index (χ0) is 10.0. The van der Waals surface area contributed by atoms with E-state index in [0.717, 1.165) is 16.7 Å². The van der Waals surface area contributed by atoms with Crippen LogP contribution in [0.1, 0.15) is 27.0 Å². The number of carboxylic acids is 1. The van der Waals surface area contributed by atoms with Crippen molar-refractivity contribution >= 4 is 5.97 Å². The number of nitrogens with two attached hydrogens (primary N) is 1. The van der Waals surface area contributed by atoms with Gasteiger partial charge in [-0.2, -0.15) is 0 Å². The molecular formula is C10H13NO2. The third kappa shape index (κ3) is 1.87. The molecule has 0 heterocycles. The Bertz CT molecular complexity index is 345. The van der Waals surface area contributed by atoms with E-state index in [-0.39, 0.29) is 0 Å². The van der Waals surface area contributed by atoms with E-state index in [4.69, 9.17) is 10.8 Å². The van der Waals surface area contributed by atoms with Gasteiger partial charge in [-0.05, 0) is 36.6 Å². The molecule has 0 aromatic heterocycles. The van der Waals surface area contributed by atoms with Crippen molar-refractivity contribution in [3.63, 3.8) is 0 Å². The SMILES string of the molecule is Cc1cc(C)c(C(=O)O)cc1CN.